The van der Waals surface area contributed by atoms with Crippen molar-refractivity contribution in [3.8, 4) is 22.9 Å². The molecule has 0 unspecified atom stereocenters. The molecule has 0 radical (unpaired) electrons. The van der Waals surface area contributed by atoms with Crippen LogP contribution in [0.1, 0.15) is 50.1 Å². The second kappa shape index (κ2) is 12.4. The normalized spacial score (nSPS) is 14.9. The van der Waals surface area contributed by atoms with Crippen LogP contribution in [0.15, 0.2) is 53.1 Å². The van der Waals surface area contributed by atoms with Crippen molar-refractivity contribution < 1.29 is 18.8 Å². The van der Waals surface area contributed by atoms with Crippen molar-refractivity contribution in [3.05, 3.63) is 60.0 Å². The highest BCUT2D eigenvalue weighted by molar-refractivity contribution is 5.76. The third-order valence-corrected chi connectivity index (χ3v) is 6.28. The van der Waals surface area contributed by atoms with E-state index in [0.29, 0.717) is 31.3 Å². The second-order valence-corrected chi connectivity index (χ2v) is 8.63. The Kier molecular flexibility index (Phi) is 8.73. The lowest BCUT2D eigenvalue weighted by atomic mass is 10.0. The Balaban J connectivity index is 1.33. The molecule has 8 nitrogen and oxygen atoms in total. The highest BCUT2D eigenvalue weighted by Crippen LogP contribution is 2.31. The molecule has 0 aliphatic carbocycles. The summed E-state index contributed by atoms with van der Waals surface area (Å²) in [7, 11) is 1.69. The van der Waals surface area contributed by atoms with E-state index in [1.807, 2.05) is 49.4 Å². The molecule has 186 valence electrons. The molecule has 1 aliphatic heterocycles. The first kappa shape index (κ1) is 24.7. The number of nitrogens with one attached hydrogen (secondary N) is 1. The topological polar surface area (TPSA) is 89.7 Å². The number of benzene rings is 2. The lowest BCUT2D eigenvalue weighted by Crippen LogP contribution is -2.40. The highest BCUT2D eigenvalue weighted by atomic mass is 16.5. The van der Waals surface area contributed by atoms with Crippen molar-refractivity contribution in [3.63, 3.8) is 0 Å². The Morgan fingerprint density at radius 1 is 1.11 bits per heavy atom. The monoisotopic (exact) mass is 478 g/mol. The Bertz CT molecular complexity index is 1080. The van der Waals surface area contributed by atoms with Crippen LogP contribution in [-0.4, -0.2) is 54.3 Å². The summed E-state index contributed by atoms with van der Waals surface area (Å²) in [5.41, 5.74) is 1.95. The summed E-state index contributed by atoms with van der Waals surface area (Å²) in [4.78, 5) is 19.6. The molecule has 1 aliphatic rings. The van der Waals surface area contributed by atoms with Gasteiger partial charge < -0.3 is 19.3 Å². The van der Waals surface area contributed by atoms with E-state index >= 15 is 0 Å². The summed E-state index contributed by atoms with van der Waals surface area (Å²) < 4.78 is 16.5. The SMILES string of the molecule is CCOc1ccc(-c2noc(CCC(=O)NC[C@@H](c3ccccc3OC)N3CCCCC3)n2)cc1. The molecule has 0 spiro atoms. The number of ether oxygens (including phenoxy) is 2. The van der Waals surface area contributed by atoms with Gasteiger partial charge in [0, 0.05) is 30.5 Å². The number of carbonyl (C=O) groups is 1. The number of likely N-dealkylation sites (tertiary alicyclic amines) is 1. The zero-order valence-electron chi connectivity index (χ0n) is 20.5. The van der Waals surface area contributed by atoms with Crippen molar-refractivity contribution in [2.24, 2.45) is 0 Å². The molecule has 1 atom stereocenters. The van der Waals surface area contributed by atoms with E-state index in [9.17, 15) is 4.79 Å². The average molecular weight is 479 g/mol. The van der Waals surface area contributed by atoms with Gasteiger partial charge in [0.05, 0.1) is 19.8 Å². The maximum atomic E-state index is 12.7. The second-order valence-electron chi connectivity index (χ2n) is 8.63. The van der Waals surface area contributed by atoms with E-state index in [1.165, 1.54) is 19.3 Å². The first-order valence-corrected chi connectivity index (χ1v) is 12.4. The number of hydrogen-bond donors (Lipinski definition) is 1. The van der Waals surface area contributed by atoms with Gasteiger partial charge in [0.15, 0.2) is 0 Å². The summed E-state index contributed by atoms with van der Waals surface area (Å²) >= 11 is 0. The summed E-state index contributed by atoms with van der Waals surface area (Å²) in [6, 6.07) is 15.7. The minimum absolute atomic E-state index is 0.0391. The first-order chi connectivity index (χ1) is 17.2. The van der Waals surface area contributed by atoms with Crippen LogP contribution in [0.5, 0.6) is 11.5 Å². The van der Waals surface area contributed by atoms with E-state index in [1.54, 1.807) is 7.11 Å². The number of para-hydroxylation sites is 1. The minimum Gasteiger partial charge on any atom is -0.496 e. The summed E-state index contributed by atoms with van der Waals surface area (Å²) in [6.45, 7) is 5.14. The molecule has 4 rings (SSSR count). The fourth-order valence-electron chi connectivity index (χ4n) is 4.47. The molecule has 35 heavy (non-hydrogen) atoms. The van der Waals surface area contributed by atoms with Gasteiger partial charge >= 0.3 is 0 Å². The van der Waals surface area contributed by atoms with Crippen LogP contribution >= 0.6 is 0 Å². The van der Waals surface area contributed by atoms with Gasteiger partial charge in [0.2, 0.25) is 17.6 Å². The molecule has 2 aromatic carbocycles. The average Bonchev–Trinajstić information content (AvgIpc) is 3.38. The number of aromatic nitrogens is 2. The zero-order chi connectivity index (χ0) is 24.5. The molecule has 1 aromatic heterocycles. The Morgan fingerprint density at radius 2 is 1.89 bits per heavy atom. The molecule has 2 heterocycles. The predicted octanol–water partition coefficient (Wildman–Crippen LogP) is 4.42. The molecule has 1 saturated heterocycles. The fraction of sp³-hybridized carbons (Fsp3) is 0.444. The number of rotatable bonds is 11. The van der Waals surface area contributed by atoms with Gasteiger partial charge in [-0.2, -0.15) is 4.98 Å². The summed E-state index contributed by atoms with van der Waals surface area (Å²) in [6.07, 6.45) is 4.27. The van der Waals surface area contributed by atoms with Crippen LogP contribution in [0.25, 0.3) is 11.4 Å². The van der Waals surface area contributed by atoms with Crippen molar-refractivity contribution in [1.29, 1.82) is 0 Å². The molecule has 3 aromatic rings. The van der Waals surface area contributed by atoms with Crippen LogP contribution in [0, 0.1) is 0 Å². The molecular formula is C27H34N4O4. The Labute approximate surface area is 206 Å². The molecule has 1 fully saturated rings. The van der Waals surface area contributed by atoms with Crippen LogP contribution < -0.4 is 14.8 Å². The van der Waals surface area contributed by atoms with Crippen LogP contribution in [0.2, 0.25) is 0 Å². The molecule has 8 heteroatoms. The molecule has 0 bridgehead atoms. The minimum atomic E-state index is -0.0391. The van der Waals surface area contributed by atoms with Crippen molar-refractivity contribution in [2.45, 2.75) is 45.1 Å². The van der Waals surface area contributed by atoms with E-state index < -0.39 is 0 Å². The molecule has 0 saturated carbocycles. The summed E-state index contributed by atoms with van der Waals surface area (Å²) in [5, 5.41) is 7.17. The predicted molar refractivity (Wildman–Crippen MR) is 133 cm³/mol. The number of nitrogens with zero attached hydrogens (tertiary/aromatic N) is 3. The van der Waals surface area contributed by atoms with Gasteiger partial charge in [-0.15, -0.1) is 0 Å². The van der Waals surface area contributed by atoms with Crippen molar-refractivity contribution >= 4 is 5.91 Å². The van der Waals surface area contributed by atoms with Gasteiger partial charge in [0.25, 0.3) is 0 Å². The van der Waals surface area contributed by atoms with Gasteiger partial charge in [-0.05, 0) is 63.2 Å². The number of amides is 1. The van der Waals surface area contributed by atoms with Crippen LogP contribution in [-0.2, 0) is 11.2 Å². The smallest absolute Gasteiger partial charge is 0.227 e. The van der Waals surface area contributed by atoms with Crippen molar-refractivity contribution in [1.82, 2.24) is 20.4 Å². The third-order valence-electron chi connectivity index (χ3n) is 6.28. The number of hydrogen-bond acceptors (Lipinski definition) is 7. The third kappa shape index (κ3) is 6.60. The van der Waals surface area contributed by atoms with Crippen LogP contribution in [0.3, 0.4) is 0 Å². The lowest BCUT2D eigenvalue weighted by molar-refractivity contribution is -0.121. The number of methoxy groups -OCH3 is 1. The van der Waals surface area contributed by atoms with Gasteiger partial charge in [-0.3, -0.25) is 9.69 Å². The summed E-state index contributed by atoms with van der Waals surface area (Å²) in [5.74, 6) is 2.56. The van der Waals surface area contributed by atoms with E-state index in [0.717, 1.165) is 35.7 Å². The first-order valence-electron chi connectivity index (χ1n) is 12.4. The molecule has 1 amide bonds. The number of carbonyl (C=O) groups excluding carboxylic acids is 1. The Hall–Kier alpha value is -3.39. The van der Waals surface area contributed by atoms with E-state index in [-0.39, 0.29) is 18.4 Å². The van der Waals surface area contributed by atoms with Gasteiger partial charge in [-0.1, -0.05) is 29.8 Å². The maximum absolute atomic E-state index is 12.7. The van der Waals surface area contributed by atoms with E-state index in [4.69, 9.17) is 14.0 Å². The van der Waals surface area contributed by atoms with Gasteiger partial charge in [0.1, 0.15) is 11.5 Å². The quantitative estimate of drug-likeness (QED) is 0.436. The number of aryl methyl sites for hydroxylation is 1. The maximum Gasteiger partial charge on any atom is 0.227 e. The number of piperidine rings is 1. The standard InChI is InChI=1S/C27H34N4O4/c1-3-34-21-13-11-20(12-14-21)27-29-26(35-30-27)16-15-25(32)28-19-23(31-17-7-4-8-18-31)22-9-5-6-10-24(22)33-2/h5-6,9-14,23H,3-4,7-8,15-19H2,1-2H3,(H,28,32)/t23-/m0/s1. The Morgan fingerprint density at radius 3 is 2.63 bits per heavy atom. The van der Waals surface area contributed by atoms with Gasteiger partial charge in [-0.25, -0.2) is 0 Å². The highest BCUT2D eigenvalue weighted by Gasteiger charge is 2.25. The zero-order valence-corrected chi connectivity index (χ0v) is 20.5. The lowest BCUT2D eigenvalue weighted by Gasteiger charge is -2.35. The fourth-order valence-corrected chi connectivity index (χ4v) is 4.47. The van der Waals surface area contributed by atoms with Crippen LogP contribution in [0.4, 0.5) is 0 Å². The molecular weight excluding hydrogens is 444 g/mol. The van der Waals surface area contributed by atoms with E-state index in [2.05, 4.69) is 26.4 Å². The largest absolute Gasteiger partial charge is 0.496 e. The van der Waals surface area contributed by atoms with Crippen molar-refractivity contribution in [2.75, 3.05) is 33.4 Å². The molecule has 1 N–H and O–H groups in total.